The number of carbonyl (C=O) groups excluding carboxylic acids is 1. The minimum atomic E-state index is -0.888. The van der Waals surface area contributed by atoms with Gasteiger partial charge in [0.25, 0.3) is 0 Å². The van der Waals surface area contributed by atoms with Crippen LogP contribution in [0.1, 0.15) is 33.1 Å². The Hall–Kier alpha value is -0.380. The fourth-order valence-electron chi connectivity index (χ4n) is 0.899. The summed E-state index contributed by atoms with van der Waals surface area (Å²) < 4.78 is 16.0. The van der Waals surface area contributed by atoms with Crippen LogP contribution in [0.25, 0.3) is 0 Å². The minimum absolute atomic E-state index is 0.0843. The number of rotatable bonds is 6. The summed E-state index contributed by atoms with van der Waals surface area (Å²) in [6.07, 6.45) is 2.25. The minimum Gasteiger partial charge on any atom is -0.469 e. The van der Waals surface area contributed by atoms with Crippen molar-refractivity contribution in [2.45, 2.75) is 38.4 Å². The number of unbranched alkanes of at least 4 members (excludes halogenated alkanes) is 1. The Balaban J connectivity index is 3.75. The molecule has 0 N–H and O–H groups in total. The first-order valence-electron chi connectivity index (χ1n) is 4.55. The van der Waals surface area contributed by atoms with Crippen LogP contribution in [0.5, 0.6) is 0 Å². The Labute approximate surface area is 82.3 Å². The SMILES string of the molecule is CCCCS(=O)C(C)CC(=O)OC. The van der Waals surface area contributed by atoms with Crippen LogP contribution < -0.4 is 0 Å². The maximum absolute atomic E-state index is 11.5. The molecule has 0 bridgehead atoms. The third kappa shape index (κ3) is 5.80. The zero-order valence-electron chi connectivity index (χ0n) is 8.54. The molecule has 0 amide bonds. The average molecular weight is 206 g/mol. The number of hydrogen-bond acceptors (Lipinski definition) is 3. The van der Waals surface area contributed by atoms with Crippen molar-refractivity contribution in [1.29, 1.82) is 0 Å². The van der Waals surface area contributed by atoms with Crippen molar-refractivity contribution in [2.24, 2.45) is 0 Å². The maximum atomic E-state index is 11.5. The Morgan fingerprint density at radius 3 is 2.62 bits per heavy atom. The summed E-state index contributed by atoms with van der Waals surface area (Å²) in [5.41, 5.74) is 0. The van der Waals surface area contributed by atoms with Crippen LogP contribution in [0.15, 0.2) is 0 Å². The van der Waals surface area contributed by atoms with E-state index in [-0.39, 0.29) is 17.6 Å². The van der Waals surface area contributed by atoms with Crippen molar-refractivity contribution in [1.82, 2.24) is 0 Å². The Morgan fingerprint density at radius 1 is 1.54 bits per heavy atom. The van der Waals surface area contributed by atoms with Crippen molar-refractivity contribution in [2.75, 3.05) is 12.9 Å². The van der Waals surface area contributed by atoms with Gasteiger partial charge in [0.1, 0.15) is 0 Å². The summed E-state index contributed by atoms with van der Waals surface area (Å²) in [7, 11) is 0.464. The molecule has 0 aliphatic carbocycles. The second-order valence-corrected chi connectivity index (χ2v) is 5.00. The van der Waals surface area contributed by atoms with Gasteiger partial charge >= 0.3 is 5.97 Å². The van der Waals surface area contributed by atoms with Crippen LogP contribution >= 0.6 is 0 Å². The van der Waals surface area contributed by atoms with E-state index in [1.54, 1.807) is 0 Å². The molecule has 0 saturated heterocycles. The summed E-state index contributed by atoms with van der Waals surface area (Å²) in [6.45, 7) is 3.88. The number of esters is 1. The average Bonchev–Trinajstić information content (AvgIpc) is 2.13. The highest BCUT2D eigenvalue weighted by Gasteiger charge is 2.14. The number of methoxy groups -OCH3 is 1. The molecule has 13 heavy (non-hydrogen) atoms. The van der Waals surface area contributed by atoms with E-state index in [9.17, 15) is 9.00 Å². The van der Waals surface area contributed by atoms with E-state index in [1.165, 1.54) is 7.11 Å². The highest BCUT2D eigenvalue weighted by Crippen LogP contribution is 2.05. The van der Waals surface area contributed by atoms with Gasteiger partial charge in [-0.3, -0.25) is 9.00 Å². The van der Waals surface area contributed by atoms with Crippen molar-refractivity contribution >= 4 is 16.8 Å². The predicted molar refractivity (Wildman–Crippen MR) is 54.0 cm³/mol. The first-order valence-corrected chi connectivity index (χ1v) is 5.94. The molecule has 0 aromatic rings. The molecule has 0 aliphatic heterocycles. The van der Waals surface area contributed by atoms with Gasteiger partial charge < -0.3 is 4.74 Å². The van der Waals surface area contributed by atoms with E-state index in [2.05, 4.69) is 11.7 Å². The van der Waals surface area contributed by atoms with Crippen molar-refractivity contribution in [3.63, 3.8) is 0 Å². The fraction of sp³-hybridized carbons (Fsp3) is 0.889. The van der Waals surface area contributed by atoms with E-state index in [4.69, 9.17) is 0 Å². The lowest BCUT2D eigenvalue weighted by Gasteiger charge is -2.08. The quantitative estimate of drug-likeness (QED) is 0.618. The van der Waals surface area contributed by atoms with Crippen LogP contribution in [0.3, 0.4) is 0 Å². The lowest BCUT2D eigenvalue weighted by Crippen LogP contribution is -2.19. The van der Waals surface area contributed by atoms with Gasteiger partial charge in [0, 0.05) is 21.8 Å². The fourth-order valence-corrected chi connectivity index (χ4v) is 2.20. The molecule has 0 spiro atoms. The lowest BCUT2D eigenvalue weighted by molar-refractivity contribution is -0.140. The summed E-state index contributed by atoms with van der Waals surface area (Å²) in [5.74, 6) is 0.409. The molecule has 0 rings (SSSR count). The van der Waals surface area contributed by atoms with E-state index >= 15 is 0 Å². The van der Waals surface area contributed by atoms with E-state index in [0.29, 0.717) is 5.75 Å². The molecule has 2 unspecified atom stereocenters. The molecular weight excluding hydrogens is 188 g/mol. The molecule has 3 nitrogen and oxygen atoms in total. The molecule has 2 atom stereocenters. The molecule has 0 saturated carbocycles. The Morgan fingerprint density at radius 2 is 2.15 bits per heavy atom. The van der Waals surface area contributed by atoms with Crippen LogP contribution in [0.2, 0.25) is 0 Å². The highest BCUT2D eigenvalue weighted by atomic mass is 32.2. The van der Waals surface area contributed by atoms with Gasteiger partial charge in [-0.15, -0.1) is 0 Å². The largest absolute Gasteiger partial charge is 0.469 e. The number of hydrogen-bond donors (Lipinski definition) is 0. The van der Waals surface area contributed by atoms with Gasteiger partial charge in [-0.25, -0.2) is 0 Å². The summed E-state index contributed by atoms with van der Waals surface area (Å²) in [6, 6.07) is 0. The van der Waals surface area contributed by atoms with Crippen LogP contribution in [0.4, 0.5) is 0 Å². The molecule has 78 valence electrons. The predicted octanol–water partition coefficient (Wildman–Crippen LogP) is 1.49. The van der Waals surface area contributed by atoms with Gasteiger partial charge in [0.2, 0.25) is 0 Å². The highest BCUT2D eigenvalue weighted by molar-refractivity contribution is 7.85. The van der Waals surface area contributed by atoms with E-state index in [0.717, 1.165) is 12.8 Å². The topological polar surface area (TPSA) is 43.4 Å². The third-order valence-electron chi connectivity index (χ3n) is 1.83. The molecule has 0 radical (unpaired) electrons. The monoisotopic (exact) mass is 206 g/mol. The number of carbonyl (C=O) groups is 1. The lowest BCUT2D eigenvalue weighted by atomic mass is 10.3. The molecular formula is C9H18O3S. The van der Waals surface area contributed by atoms with Crippen molar-refractivity contribution in [3.05, 3.63) is 0 Å². The first-order chi connectivity index (χ1) is 6.11. The van der Waals surface area contributed by atoms with E-state index < -0.39 is 10.8 Å². The normalized spacial score (nSPS) is 15.0. The Kier molecular flexibility index (Phi) is 6.86. The van der Waals surface area contributed by atoms with Gasteiger partial charge in [0.15, 0.2) is 0 Å². The molecule has 0 aromatic heterocycles. The van der Waals surface area contributed by atoms with Gasteiger partial charge in [0.05, 0.1) is 13.5 Å². The van der Waals surface area contributed by atoms with Crippen LogP contribution in [-0.4, -0.2) is 28.3 Å². The summed E-state index contributed by atoms with van der Waals surface area (Å²) >= 11 is 0. The molecule has 4 heteroatoms. The van der Waals surface area contributed by atoms with Crippen molar-refractivity contribution < 1.29 is 13.7 Å². The smallest absolute Gasteiger partial charge is 0.306 e. The standard InChI is InChI=1S/C9H18O3S/c1-4-5-6-13(11)8(2)7-9(10)12-3/h8H,4-7H2,1-3H3. The number of ether oxygens (including phenoxy) is 1. The van der Waals surface area contributed by atoms with Gasteiger partial charge in [-0.2, -0.15) is 0 Å². The van der Waals surface area contributed by atoms with Gasteiger partial charge in [-0.05, 0) is 6.42 Å². The molecule has 0 fully saturated rings. The Bertz CT molecular complexity index is 180. The van der Waals surface area contributed by atoms with Crippen LogP contribution in [-0.2, 0) is 20.3 Å². The summed E-state index contributed by atoms with van der Waals surface area (Å²) in [4.78, 5) is 10.8. The molecule has 0 aromatic carbocycles. The second-order valence-electron chi connectivity index (χ2n) is 3.03. The van der Waals surface area contributed by atoms with Gasteiger partial charge in [-0.1, -0.05) is 20.3 Å². The van der Waals surface area contributed by atoms with Crippen molar-refractivity contribution in [3.8, 4) is 0 Å². The molecule has 0 heterocycles. The molecule has 0 aliphatic rings. The summed E-state index contributed by atoms with van der Waals surface area (Å²) in [5, 5.41) is -0.0843. The zero-order valence-corrected chi connectivity index (χ0v) is 9.36. The first kappa shape index (κ1) is 12.6. The van der Waals surface area contributed by atoms with Crippen LogP contribution in [0, 0.1) is 0 Å². The second kappa shape index (κ2) is 7.06. The zero-order chi connectivity index (χ0) is 10.3. The maximum Gasteiger partial charge on any atom is 0.306 e. The third-order valence-corrected chi connectivity index (χ3v) is 3.58. The van der Waals surface area contributed by atoms with E-state index in [1.807, 2.05) is 6.92 Å².